The highest BCUT2D eigenvalue weighted by atomic mass is 19.4. The zero-order chi connectivity index (χ0) is 16.1. The fourth-order valence-corrected chi connectivity index (χ4v) is 2.43. The van der Waals surface area contributed by atoms with E-state index >= 15 is 0 Å². The maximum atomic E-state index is 12.3. The van der Waals surface area contributed by atoms with Gasteiger partial charge in [0.25, 0.3) is 0 Å². The first-order valence-electron chi connectivity index (χ1n) is 7.13. The molecule has 1 fully saturated rings. The van der Waals surface area contributed by atoms with Crippen LogP contribution < -0.4 is 5.73 Å². The Hall–Kier alpha value is -1.02. The molecule has 124 valence electrons. The largest absolute Gasteiger partial charge is 0.409 e. The quantitative estimate of drug-likeness (QED) is 0.339. The SMILES string of the molecule is CC(C)(CCCN1CCN(CC(F)(F)F)CC1)C(N)=NO. The number of alkyl halides is 3. The van der Waals surface area contributed by atoms with Crippen LogP contribution in [0, 0.1) is 5.41 Å². The van der Waals surface area contributed by atoms with Crippen LogP contribution in [0.5, 0.6) is 0 Å². The molecule has 1 saturated heterocycles. The number of rotatable bonds is 6. The molecule has 3 N–H and O–H groups in total. The molecule has 21 heavy (non-hydrogen) atoms. The Morgan fingerprint density at radius 2 is 1.67 bits per heavy atom. The minimum absolute atomic E-state index is 0.206. The lowest BCUT2D eigenvalue weighted by molar-refractivity contribution is -0.149. The third kappa shape index (κ3) is 6.52. The zero-order valence-electron chi connectivity index (χ0n) is 12.7. The van der Waals surface area contributed by atoms with Crippen LogP contribution in [-0.2, 0) is 0 Å². The van der Waals surface area contributed by atoms with Crippen LogP contribution >= 0.6 is 0 Å². The number of hydrogen-bond donors (Lipinski definition) is 2. The molecule has 0 aromatic rings. The standard InChI is InChI=1S/C13H25F3N4O/c1-12(2,11(17)18-21)4-3-5-19-6-8-20(9-7-19)10-13(14,15)16/h21H,3-10H2,1-2H3,(H2,17,18). The van der Waals surface area contributed by atoms with Crippen LogP contribution in [0.25, 0.3) is 0 Å². The minimum atomic E-state index is -4.12. The van der Waals surface area contributed by atoms with Gasteiger partial charge in [-0.2, -0.15) is 13.2 Å². The van der Waals surface area contributed by atoms with Gasteiger partial charge in [0.15, 0.2) is 0 Å². The van der Waals surface area contributed by atoms with E-state index in [1.54, 1.807) is 0 Å². The summed E-state index contributed by atoms with van der Waals surface area (Å²) >= 11 is 0. The highest BCUT2D eigenvalue weighted by Gasteiger charge is 2.32. The van der Waals surface area contributed by atoms with Crippen molar-refractivity contribution >= 4 is 5.84 Å². The van der Waals surface area contributed by atoms with Gasteiger partial charge in [0, 0.05) is 31.6 Å². The van der Waals surface area contributed by atoms with Crippen molar-refractivity contribution in [2.24, 2.45) is 16.3 Å². The normalized spacial score (nSPS) is 20.0. The van der Waals surface area contributed by atoms with Crippen molar-refractivity contribution in [1.29, 1.82) is 0 Å². The molecule has 8 heteroatoms. The summed E-state index contributed by atoms with van der Waals surface area (Å²) in [4.78, 5) is 3.60. The third-order valence-corrected chi connectivity index (χ3v) is 3.95. The number of nitrogens with two attached hydrogens (primary N) is 1. The van der Waals surface area contributed by atoms with Crippen molar-refractivity contribution in [1.82, 2.24) is 9.80 Å². The van der Waals surface area contributed by atoms with Crippen LogP contribution in [0.4, 0.5) is 13.2 Å². The van der Waals surface area contributed by atoms with Gasteiger partial charge in [-0.3, -0.25) is 4.90 Å². The number of oxime groups is 1. The molecule has 1 aliphatic heterocycles. The van der Waals surface area contributed by atoms with E-state index in [-0.39, 0.29) is 11.3 Å². The summed E-state index contributed by atoms with van der Waals surface area (Å²) in [6, 6.07) is 0. The van der Waals surface area contributed by atoms with Crippen molar-refractivity contribution in [2.45, 2.75) is 32.9 Å². The molecule has 0 aliphatic carbocycles. The Balaban J connectivity index is 2.25. The van der Waals surface area contributed by atoms with Gasteiger partial charge >= 0.3 is 6.18 Å². The third-order valence-electron chi connectivity index (χ3n) is 3.95. The molecule has 0 amide bonds. The summed E-state index contributed by atoms with van der Waals surface area (Å²) in [5.41, 5.74) is 5.25. The summed E-state index contributed by atoms with van der Waals surface area (Å²) in [5, 5.41) is 11.7. The smallest absolute Gasteiger partial charge is 0.401 e. The van der Waals surface area contributed by atoms with E-state index in [0.29, 0.717) is 26.2 Å². The van der Waals surface area contributed by atoms with Crippen molar-refractivity contribution in [3.63, 3.8) is 0 Å². The van der Waals surface area contributed by atoms with E-state index in [1.165, 1.54) is 4.90 Å². The van der Waals surface area contributed by atoms with Crippen molar-refractivity contribution in [3.05, 3.63) is 0 Å². The number of piperazine rings is 1. The van der Waals surface area contributed by atoms with Crippen molar-refractivity contribution in [3.8, 4) is 0 Å². The Morgan fingerprint density at radius 1 is 1.14 bits per heavy atom. The maximum Gasteiger partial charge on any atom is 0.401 e. The Bertz CT molecular complexity index is 350. The Labute approximate surface area is 123 Å². The van der Waals surface area contributed by atoms with E-state index in [1.807, 2.05) is 13.8 Å². The van der Waals surface area contributed by atoms with E-state index in [0.717, 1.165) is 19.4 Å². The summed E-state index contributed by atoms with van der Waals surface area (Å²) in [6.45, 7) is 6.01. The summed E-state index contributed by atoms with van der Waals surface area (Å²) in [6.07, 6.45) is -2.48. The van der Waals surface area contributed by atoms with Gasteiger partial charge in [0.05, 0.1) is 6.54 Å². The molecule has 0 bridgehead atoms. The van der Waals surface area contributed by atoms with E-state index in [9.17, 15) is 13.2 Å². The molecule has 0 atom stereocenters. The lowest BCUT2D eigenvalue weighted by atomic mass is 9.86. The molecule has 1 rings (SSSR count). The molecule has 5 nitrogen and oxygen atoms in total. The Morgan fingerprint density at radius 3 is 2.14 bits per heavy atom. The van der Waals surface area contributed by atoms with Gasteiger partial charge < -0.3 is 15.8 Å². The summed E-state index contributed by atoms with van der Waals surface area (Å²) in [7, 11) is 0. The number of amidine groups is 1. The molecule has 0 spiro atoms. The lowest BCUT2D eigenvalue weighted by Gasteiger charge is -2.35. The second-order valence-electron chi connectivity index (χ2n) is 6.21. The number of hydrogen-bond acceptors (Lipinski definition) is 4. The first kappa shape index (κ1) is 18.0. The summed E-state index contributed by atoms with van der Waals surface area (Å²) < 4.78 is 36.8. The van der Waals surface area contributed by atoms with Crippen LogP contribution in [0.2, 0.25) is 0 Å². The molecule has 0 saturated carbocycles. The molecular weight excluding hydrogens is 285 g/mol. The topological polar surface area (TPSA) is 65.1 Å². The van der Waals surface area contributed by atoms with Crippen LogP contribution in [-0.4, -0.2) is 66.3 Å². The van der Waals surface area contributed by atoms with E-state index in [4.69, 9.17) is 10.9 Å². The van der Waals surface area contributed by atoms with Gasteiger partial charge in [0.2, 0.25) is 0 Å². The van der Waals surface area contributed by atoms with Gasteiger partial charge in [-0.25, -0.2) is 0 Å². The highest BCUT2D eigenvalue weighted by molar-refractivity contribution is 5.85. The van der Waals surface area contributed by atoms with Gasteiger partial charge in [-0.1, -0.05) is 19.0 Å². The second kappa shape index (κ2) is 7.31. The molecule has 0 unspecified atom stereocenters. The fourth-order valence-electron chi connectivity index (χ4n) is 2.43. The first-order valence-corrected chi connectivity index (χ1v) is 7.13. The fraction of sp³-hybridized carbons (Fsp3) is 0.923. The summed E-state index contributed by atoms with van der Waals surface area (Å²) in [5.74, 6) is 0.206. The second-order valence-corrected chi connectivity index (χ2v) is 6.21. The first-order chi connectivity index (χ1) is 9.64. The average Bonchev–Trinajstić information content (AvgIpc) is 2.38. The minimum Gasteiger partial charge on any atom is -0.409 e. The predicted octanol–water partition coefficient (Wildman–Crippen LogP) is 1.72. The Kier molecular flexibility index (Phi) is 6.27. The molecule has 1 heterocycles. The van der Waals surface area contributed by atoms with E-state index in [2.05, 4.69) is 10.1 Å². The van der Waals surface area contributed by atoms with E-state index < -0.39 is 12.7 Å². The van der Waals surface area contributed by atoms with Gasteiger partial charge in [0.1, 0.15) is 5.84 Å². The number of nitrogens with zero attached hydrogens (tertiary/aromatic N) is 3. The molecular formula is C13H25F3N4O. The average molecular weight is 310 g/mol. The molecule has 0 radical (unpaired) electrons. The predicted molar refractivity (Wildman–Crippen MR) is 75.4 cm³/mol. The van der Waals surface area contributed by atoms with Gasteiger partial charge in [-0.05, 0) is 19.4 Å². The van der Waals surface area contributed by atoms with Crippen LogP contribution in [0.3, 0.4) is 0 Å². The van der Waals surface area contributed by atoms with Crippen LogP contribution in [0.15, 0.2) is 5.16 Å². The van der Waals surface area contributed by atoms with Gasteiger partial charge in [-0.15, -0.1) is 0 Å². The molecule has 0 aromatic carbocycles. The van der Waals surface area contributed by atoms with Crippen molar-refractivity contribution in [2.75, 3.05) is 39.3 Å². The lowest BCUT2D eigenvalue weighted by Crippen LogP contribution is -2.49. The zero-order valence-corrected chi connectivity index (χ0v) is 12.7. The molecule has 1 aliphatic rings. The highest BCUT2D eigenvalue weighted by Crippen LogP contribution is 2.23. The van der Waals surface area contributed by atoms with Crippen LogP contribution in [0.1, 0.15) is 26.7 Å². The number of halogens is 3. The van der Waals surface area contributed by atoms with Crippen molar-refractivity contribution < 1.29 is 18.4 Å². The maximum absolute atomic E-state index is 12.3. The molecule has 0 aromatic heterocycles. The monoisotopic (exact) mass is 310 g/mol.